The summed E-state index contributed by atoms with van der Waals surface area (Å²) in [6, 6.07) is 6.81. The van der Waals surface area contributed by atoms with E-state index >= 15 is 0 Å². The Kier molecular flexibility index (Phi) is 3.89. The van der Waals surface area contributed by atoms with Crippen molar-refractivity contribution in [2.24, 2.45) is 0 Å². The second-order valence-electron chi connectivity index (χ2n) is 5.00. The Morgan fingerprint density at radius 1 is 1.32 bits per heavy atom. The van der Waals surface area contributed by atoms with E-state index in [4.69, 9.17) is 14.2 Å². The Hall–Kier alpha value is -1.26. The van der Waals surface area contributed by atoms with E-state index in [0.717, 1.165) is 37.8 Å². The van der Waals surface area contributed by atoms with Crippen molar-refractivity contribution in [3.63, 3.8) is 0 Å². The number of rotatable bonds is 5. The number of likely N-dealkylation sites (tertiary alicyclic amines) is 1. The van der Waals surface area contributed by atoms with Gasteiger partial charge < -0.3 is 14.2 Å². The van der Waals surface area contributed by atoms with Crippen LogP contribution in [0, 0.1) is 0 Å². The molecule has 0 saturated carbocycles. The predicted molar refractivity (Wildman–Crippen MR) is 72.6 cm³/mol. The zero-order chi connectivity index (χ0) is 13.1. The molecular weight excluding hydrogens is 242 g/mol. The van der Waals surface area contributed by atoms with E-state index in [1.807, 2.05) is 13.0 Å². The number of fused-ring (bicyclic) bond motifs is 1. The molecule has 2 aliphatic heterocycles. The SMILES string of the molecule is CCOCCN1CCCC1c1ccc2c(c1)OCO2. The average molecular weight is 263 g/mol. The van der Waals surface area contributed by atoms with Gasteiger partial charge in [-0.1, -0.05) is 6.07 Å². The minimum absolute atomic E-state index is 0.345. The number of nitrogens with zero attached hydrogens (tertiary/aromatic N) is 1. The third-order valence-electron chi connectivity index (χ3n) is 3.87. The fourth-order valence-corrected chi connectivity index (χ4v) is 2.92. The summed E-state index contributed by atoms with van der Waals surface area (Å²) >= 11 is 0. The predicted octanol–water partition coefficient (Wildman–Crippen LogP) is 2.59. The average Bonchev–Trinajstić information content (AvgIpc) is 3.06. The third-order valence-corrected chi connectivity index (χ3v) is 3.87. The molecule has 2 heterocycles. The molecule has 1 fully saturated rings. The summed E-state index contributed by atoms with van der Waals surface area (Å²) in [6.45, 7) is 6.16. The summed E-state index contributed by atoms with van der Waals surface area (Å²) in [7, 11) is 0. The first kappa shape index (κ1) is 12.8. The van der Waals surface area contributed by atoms with Crippen LogP contribution in [0.15, 0.2) is 18.2 Å². The monoisotopic (exact) mass is 263 g/mol. The molecule has 1 atom stereocenters. The van der Waals surface area contributed by atoms with E-state index < -0.39 is 0 Å². The lowest BCUT2D eigenvalue weighted by Crippen LogP contribution is -2.27. The van der Waals surface area contributed by atoms with Crippen molar-refractivity contribution in [2.75, 3.05) is 33.1 Å². The lowest BCUT2D eigenvalue weighted by molar-refractivity contribution is 0.108. The zero-order valence-electron chi connectivity index (χ0n) is 11.4. The number of benzene rings is 1. The lowest BCUT2D eigenvalue weighted by atomic mass is 10.0. The molecule has 19 heavy (non-hydrogen) atoms. The minimum atomic E-state index is 0.345. The Morgan fingerprint density at radius 2 is 2.21 bits per heavy atom. The van der Waals surface area contributed by atoms with Gasteiger partial charge in [0.2, 0.25) is 6.79 Å². The number of ether oxygens (including phenoxy) is 3. The Bertz CT molecular complexity index is 435. The Morgan fingerprint density at radius 3 is 3.11 bits per heavy atom. The number of hydrogen-bond donors (Lipinski definition) is 0. The van der Waals surface area contributed by atoms with Gasteiger partial charge in [0.1, 0.15) is 0 Å². The molecular formula is C15H21NO3. The van der Waals surface area contributed by atoms with Crippen LogP contribution < -0.4 is 9.47 Å². The first-order chi connectivity index (χ1) is 9.38. The van der Waals surface area contributed by atoms with E-state index in [1.54, 1.807) is 0 Å². The molecule has 0 radical (unpaired) electrons. The third kappa shape index (κ3) is 2.69. The van der Waals surface area contributed by atoms with Gasteiger partial charge in [0.15, 0.2) is 11.5 Å². The largest absolute Gasteiger partial charge is 0.454 e. The van der Waals surface area contributed by atoms with Gasteiger partial charge in [-0.3, -0.25) is 4.90 Å². The van der Waals surface area contributed by atoms with Crippen LogP contribution in [-0.2, 0) is 4.74 Å². The fraction of sp³-hybridized carbons (Fsp3) is 0.600. The van der Waals surface area contributed by atoms with Crippen molar-refractivity contribution in [1.29, 1.82) is 0 Å². The summed E-state index contributed by atoms with van der Waals surface area (Å²) in [5.41, 5.74) is 1.33. The minimum Gasteiger partial charge on any atom is -0.454 e. The van der Waals surface area contributed by atoms with Gasteiger partial charge in [0, 0.05) is 19.2 Å². The van der Waals surface area contributed by atoms with Crippen molar-refractivity contribution < 1.29 is 14.2 Å². The van der Waals surface area contributed by atoms with Crippen LogP contribution in [0.3, 0.4) is 0 Å². The van der Waals surface area contributed by atoms with Gasteiger partial charge in [0.25, 0.3) is 0 Å². The van der Waals surface area contributed by atoms with Crippen LogP contribution in [0.25, 0.3) is 0 Å². The van der Waals surface area contributed by atoms with Crippen molar-refractivity contribution in [1.82, 2.24) is 4.90 Å². The van der Waals surface area contributed by atoms with Gasteiger partial charge in [0.05, 0.1) is 6.61 Å². The summed E-state index contributed by atoms with van der Waals surface area (Å²) in [5.74, 6) is 1.75. The second-order valence-corrected chi connectivity index (χ2v) is 5.00. The molecule has 3 rings (SSSR count). The second kappa shape index (κ2) is 5.80. The van der Waals surface area contributed by atoms with E-state index in [0.29, 0.717) is 12.8 Å². The molecule has 0 bridgehead atoms. The summed E-state index contributed by atoms with van der Waals surface area (Å²) < 4.78 is 16.3. The van der Waals surface area contributed by atoms with Gasteiger partial charge in [-0.2, -0.15) is 0 Å². The van der Waals surface area contributed by atoms with Gasteiger partial charge >= 0.3 is 0 Å². The molecule has 4 heteroatoms. The highest BCUT2D eigenvalue weighted by atomic mass is 16.7. The standard InChI is InChI=1S/C15H21NO3/c1-2-17-9-8-16-7-3-4-13(16)12-5-6-14-15(10-12)19-11-18-14/h5-6,10,13H,2-4,7-9,11H2,1H3. The zero-order valence-corrected chi connectivity index (χ0v) is 11.4. The molecule has 0 amide bonds. The highest BCUT2D eigenvalue weighted by Crippen LogP contribution is 2.38. The maximum atomic E-state index is 5.47. The Labute approximate surface area is 114 Å². The van der Waals surface area contributed by atoms with Gasteiger partial charge in [-0.25, -0.2) is 0 Å². The molecule has 104 valence electrons. The van der Waals surface area contributed by atoms with E-state index in [9.17, 15) is 0 Å². The van der Waals surface area contributed by atoms with Gasteiger partial charge in [-0.15, -0.1) is 0 Å². The molecule has 0 aromatic heterocycles. The molecule has 4 nitrogen and oxygen atoms in total. The molecule has 1 aromatic rings. The van der Waals surface area contributed by atoms with E-state index in [1.165, 1.54) is 18.4 Å². The van der Waals surface area contributed by atoms with E-state index in [-0.39, 0.29) is 0 Å². The highest BCUT2D eigenvalue weighted by molar-refractivity contribution is 5.45. The lowest BCUT2D eigenvalue weighted by Gasteiger charge is -2.24. The molecule has 1 saturated heterocycles. The van der Waals surface area contributed by atoms with Crippen LogP contribution in [0.1, 0.15) is 31.4 Å². The van der Waals surface area contributed by atoms with E-state index in [2.05, 4.69) is 17.0 Å². The first-order valence-electron chi connectivity index (χ1n) is 7.10. The number of hydrogen-bond acceptors (Lipinski definition) is 4. The molecule has 1 unspecified atom stereocenters. The molecule has 0 spiro atoms. The van der Waals surface area contributed by atoms with Crippen molar-refractivity contribution in [2.45, 2.75) is 25.8 Å². The Balaban J connectivity index is 1.69. The summed E-state index contributed by atoms with van der Waals surface area (Å²) in [4.78, 5) is 2.51. The van der Waals surface area contributed by atoms with Crippen LogP contribution >= 0.6 is 0 Å². The van der Waals surface area contributed by atoms with Crippen molar-refractivity contribution in [3.8, 4) is 11.5 Å². The van der Waals surface area contributed by atoms with Crippen molar-refractivity contribution in [3.05, 3.63) is 23.8 Å². The normalized spacial score (nSPS) is 22.1. The molecule has 0 N–H and O–H groups in total. The topological polar surface area (TPSA) is 30.9 Å². The fourth-order valence-electron chi connectivity index (χ4n) is 2.92. The van der Waals surface area contributed by atoms with Gasteiger partial charge in [-0.05, 0) is 44.0 Å². The molecule has 2 aliphatic rings. The smallest absolute Gasteiger partial charge is 0.231 e. The quantitative estimate of drug-likeness (QED) is 0.764. The summed E-state index contributed by atoms with van der Waals surface area (Å²) in [5, 5.41) is 0. The van der Waals surface area contributed by atoms with Crippen LogP contribution in [-0.4, -0.2) is 38.0 Å². The highest BCUT2D eigenvalue weighted by Gasteiger charge is 2.27. The van der Waals surface area contributed by atoms with Crippen LogP contribution in [0.2, 0.25) is 0 Å². The van der Waals surface area contributed by atoms with Crippen molar-refractivity contribution >= 4 is 0 Å². The first-order valence-corrected chi connectivity index (χ1v) is 7.10. The molecule has 1 aromatic carbocycles. The maximum absolute atomic E-state index is 5.47. The van der Waals surface area contributed by atoms with Crippen LogP contribution in [0.5, 0.6) is 11.5 Å². The summed E-state index contributed by atoms with van der Waals surface area (Å²) in [6.07, 6.45) is 2.47. The maximum Gasteiger partial charge on any atom is 0.231 e. The molecule has 0 aliphatic carbocycles. The van der Waals surface area contributed by atoms with Crippen LogP contribution in [0.4, 0.5) is 0 Å².